The number of fused-ring (bicyclic) bond motifs is 1. The van der Waals surface area contributed by atoms with Crippen LogP contribution in [-0.2, 0) is 17.8 Å². The molecule has 1 amide bonds. The van der Waals surface area contributed by atoms with Gasteiger partial charge in [-0.1, -0.05) is 24.8 Å². The van der Waals surface area contributed by atoms with E-state index in [1.54, 1.807) is 6.07 Å². The van der Waals surface area contributed by atoms with Crippen LogP contribution in [0.15, 0.2) is 34.2 Å². The molecule has 0 saturated heterocycles. The average Bonchev–Trinajstić information content (AvgIpc) is 2.61. The number of H-pyrrole nitrogens is 1. The maximum absolute atomic E-state index is 13.1. The molecule has 2 aromatic rings. The molecule has 0 atom stereocenters. The highest BCUT2D eigenvalue weighted by molar-refractivity contribution is 7.99. The van der Waals surface area contributed by atoms with Gasteiger partial charge in [-0.15, -0.1) is 0 Å². The van der Waals surface area contributed by atoms with Crippen LogP contribution in [0, 0.1) is 5.82 Å². The molecule has 1 aliphatic rings. The number of carbonyl (C=O) groups is 1. The lowest BCUT2D eigenvalue weighted by molar-refractivity contribution is -0.113. The Hall–Kier alpha value is -2.19. The highest BCUT2D eigenvalue weighted by Crippen LogP contribution is 2.18. The van der Waals surface area contributed by atoms with E-state index in [1.165, 1.54) is 18.2 Å². The quantitative estimate of drug-likeness (QED) is 0.598. The first kappa shape index (κ1) is 18.6. The summed E-state index contributed by atoms with van der Waals surface area (Å²) in [5.41, 5.74) is 1.80. The molecule has 0 fully saturated rings. The predicted octanol–water partition coefficient (Wildman–Crippen LogP) is 2.41. The molecule has 26 heavy (non-hydrogen) atoms. The van der Waals surface area contributed by atoms with Gasteiger partial charge < -0.3 is 10.3 Å². The van der Waals surface area contributed by atoms with Gasteiger partial charge in [0.1, 0.15) is 5.82 Å². The maximum Gasteiger partial charge on any atom is 0.256 e. The molecule has 0 radical (unpaired) electrons. The Balaban J connectivity index is 1.61. The summed E-state index contributed by atoms with van der Waals surface area (Å²) < 4.78 is 13.1. The molecule has 0 saturated carbocycles. The second-order valence-electron chi connectivity index (χ2n) is 6.17. The maximum atomic E-state index is 13.1. The van der Waals surface area contributed by atoms with Crippen LogP contribution in [0.25, 0.3) is 0 Å². The molecule has 1 aliphatic heterocycles. The van der Waals surface area contributed by atoms with Gasteiger partial charge in [-0.05, 0) is 31.2 Å². The summed E-state index contributed by atoms with van der Waals surface area (Å²) >= 11 is 1.16. The average molecular weight is 376 g/mol. The fourth-order valence-corrected chi connectivity index (χ4v) is 3.61. The van der Waals surface area contributed by atoms with Crippen molar-refractivity contribution in [2.75, 3.05) is 24.2 Å². The highest BCUT2D eigenvalue weighted by atomic mass is 32.2. The monoisotopic (exact) mass is 376 g/mol. The number of hydrogen-bond acceptors (Lipinski definition) is 5. The molecule has 0 bridgehead atoms. The molecule has 3 rings (SSSR count). The number of nitrogens with one attached hydrogen (secondary N) is 2. The number of aromatic amines is 1. The summed E-state index contributed by atoms with van der Waals surface area (Å²) in [6.07, 6.45) is 1.79. The number of hydrogen-bond donors (Lipinski definition) is 2. The summed E-state index contributed by atoms with van der Waals surface area (Å²) in [4.78, 5) is 33.8. The Kier molecular flexibility index (Phi) is 6.05. The van der Waals surface area contributed by atoms with Gasteiger partial charge in [0.2, 0.25) is 5.91 Å². The van der Waals surface area contributed by atoms with E-state index in [2.05, 4.69) is 27.1 Å². The van der Waals surface area contributed by atoms with E-state index in [9.17, 15) is 14.0 Å². The molecular weight excluding hydrogens is 355 g/mol. The van der Waals surface area contributed by atoms with Crippen LogP contribution in [0.5, 0.6) is 0 Å². The van der Waals surface area contributed by atoms with E-state index in [-0.39, 0.29) is 17.2 Å². The molecule has 1 aromatic carbocycles. The number of carbonyl (C=O) groups excluding carboxylic acids is 1. The summed E-state index contributed by atoms with van der Waals surface area (Å²) in [5.74, 6) is -0.608. The molecule has 2 N–H and O–H groups in total. The molecule has 2 heterocycles. The van der Waals surface area contributed by atoms with Crippen LogP contribution in [0.4, 0.5) is 10.1 Å². The van der Waals surface area contributed by atoms with Crippen LogP contribution >= 0.6 is 11.8 Å². The van der Waals surface area contributed by atoms with Crippen LogP contribution in [0.3, 0.4) is 0 Å². The lowest BCUT2D eigenvalue weighted by Gasteiger charge is -2.27. The summed E-state index contributed by atoms with van der Waals surface area (Å²) in [5, 5.41) is 3.06. The summed E-state index contributed by atoms with van der Waals surface area (Å²) in [6, 6.07) is 5.71. The van der Waals surface area contributed by atoms with Crippen LogP contribution in [0.1, 0.15) is 24.6 Å². The third-order valence-corrected chi connectivity index (χ3v) is 4.99. The van der Waals surface area contributed by atoms with E-state index in [0.717, 1.165) is 49.0 Å². The number of nitrogens with zero attached hydrogens (tertiary/aromatic N) is 2. The van der Waals surface area contributed by atoms with E-state index in [0.29, 0.717) is 17.4 Å². The fraction of sp³-hybridized carbons (Fsp3) is 0.389. The van der Waals surface area contributed by atoms with Gasteiger partial charge in [0, 0.05) is 25.2 Å². The van der Waals surface area contributed by atoms with Crippen LogP contribution in [-0.4, -0.2) is 39.6 Å². The minimum atomic E-state index is -0.409. The first-order valence-electron chi connectivity index (χ1n) is 8.58. The third-order valence-electron chi connectivity index (χ3n) is 4.11. The van der Waals surface area contributed by atoms with Crippen LogP contribution < -0.4 is 10.9 Å². The van der Waals surface area contributed by atoms with Crippen molar-refractivity contribution in [2.45, 2.75) is 31.5 Å². The lowest BCUT2D eigenvalue weighted by atomic mass is 10.1. The first-order chi connectivity index (χ1) is 12.5. The Labute approximate surface area is 155 Å². The molecule has 8 heteroatoms. The van der Waals surface area contributed by atoms with Crippen molar-refractivity contribution in [3.63, 3.8) is 0 Å². The Morgan fingerprint density at radius 1 is 1.46 bits per heavy atom. The minimum absolute atomic E-state index is 0.0835. The van der Waals surface area contributed by atoms with Crippen molar-refractivity contribution in [2.24, 2.45) is 0 Å². The zero-order valence-corrected chi connectivity index (χ0v) is 15.4. The minimum Gasteiger partial charge on any atom is -0.325 e. The van der Waals surface area contributed by atoms with Crippen molar-refractivity contribution in [3.05, 3.63) is 51.7 Å². The Morgan fingerprint density at radius 3 is 3.08 bits per heavy atom. The zero-order chi connectivity index (χ0) is 18.5. The number of halogens is 1. The number of anilines is 1. The van der Waals surface area contributed by atoms with Gasteiger partial charge in [0.15, 0.2) is 5.16 Å². The van der Waals surface area contributed by atoms with Crippen molar-refractivity contribution in [1.29, 1.82) is 0 Å². The zero-order valence-electron chi connectivity index (χ0n) is 14.5. The van der Waals surface area contributed by atoms with Crippen molar-refractivity contribution >= 4 is 23.4 Å². The molecule has 0 spiro atoms. The van der Waals surface area contributed by atoms with Crippen molar-refractivity contribution in [1.82, 2.24) is 14.9 Å². The van der Waals surface area contributed by atoms with Gasteiger partial charge in [-0.3, -0.25) is 14.5 Å². The second-order valence-corrected chi connectivity index (χ2v) is 7.13. The standard InChI is InChI=1S/C18H21FN4O2S/c1-2-7-23-8-6-15-14(10-23)17(25)22-18(21-15)26-11-16(24)20-13-5-3-4-12(19)9-13/h3-5,9H,2,6-8,10-11H2,1H3,(H,20,24)(H,21,22,25). The van der Waals surface area contributed by atoms with Crippen LogP contribution in [0.2, 0.25) is 0 Å². The molecule has 138 valence electrons. The Bertz CT molecular complexity index is 855. The lowest BCUT2D eigenvalue weighted by Crippen LogP contribution is -2.36. The van der Waals surface area contributed by atoms with Gasteiger partial charge in [-0.25, -0.2) is 9.37 Å². The van der Waals surface area contributed by atoms with E-state index < -0.39 is 5.82 Å². The van der Waals surface area contributed by atoms with Gasteiger partial charge in [0.05, 0.1) is 17.0 Å². The van der Waals surface area contributed by atoms with Crippen molar-refractivity contribution < 1.29 is 9.18 Å². The fourth-order valence-electron chi connectivity index (χ4n) is 2.93. The molecular formula is C18H21FN4O2S. The van der Waals surface area contributed by atoms with Gasteiger partial charge in [0.25, 0.3) is 5.56 Å². The normalized spacial score (nSPS) is 14.1. The van der Waals surface area contributed by atoms with E-state index >= 15 is 0 Å². The molecule has 6 nitrogen and oxygen atoms in total. The van der Waals surface area contributed by atoms with E-state index in [1.807, 2.05) is 0 Å². The second kappa shape index (κ2) is 8.46. The number of rotatable bonds is 6. The van der Waals surface area contributed by atoms with Gasteiger partial charge >= 0.3 is 0 Å². The smallest absolute Gasteiger partial charge is 0.256 e. The number of thioether (sulfide) groups is 1. The van der Waals surface area contributed by atoms with Crippen molar-refractivity contribution in [3.8, 4) is 0 Å². The number of aromatic nitrogens is 2. The SMILES string of the molecule is CCCN1CCc2nc(SCC(=O)Nc3cccc(F)c3)[nH]c(=O)c2C1. The number of benzene rings is 1. The van der Waals surface area contributed by atoms with Gasteiger partial charge in [-0.2, -0.15) is 0 Å². The summed E-state index contributed by atoms with van der Waals surface area (Å²) in [6.45, 7) is 4.60. The molecule has 0 unspecified atom stereocenters. The number of amides is 1. The highest BCUT2D eigenvalue weighted by Gasteiger charge is 2.20. The Morgan fingerprint density at radius 2 is 2.31 bits per heavy atom. The first-order valence-corrected chi connectivity index (χ1v) is 9.56. The topological polar surface area (TPSA) is 78.1 Å². The van der Waals surface area contributed by atoms with E-state index in [4.69, 9.17) is 0 Å². The largest absolute Gasteiger partial charge is 0.325 e. The third kappa shape index (κ3) is 4.70. The molecule has 0 aliphatic carbocycles. The summed E-state index contributed by atoms with van der Waals surface area (Å²) in [7, 11) is 0. The predicted molar refractivity (Wildman–Crippen MR) is 99.9 cm³/mol. The molecule has 1 aromatic heterocycles.